The summed E-state index contributed by atoms with van der Waals surface area (Å²) in [5.41, 5.74) is 1.85. The summed E-state index contributed by atoms with van der Waals surface area (Å²) in [6, 6.07) is 11.7. The summed E-state index contributed by atoms with van der Waals surface area (Å²) < 4.78 is 10.6. The fourth-order valence-electron chi connectivity index (χ4n) is 2.14. The lowest BCUT2D eigenvalue weighted by molar-refractivity contribution is -0.122. The highest BCUT2D eigenvalue weighted by molar-refractivity contribution is 6.30. The third-order valence-corrected chi connectivity index (χ3v) is 3.71. The lowest BCUT2D eigenvalue weighted by atomic mass is 10.2. The molecule has 1 N–H and O–H groups in total. The average molecular weight is 362 g/mol. The van der Waals surface area contributed by atoms with Crippen LogP contribution in [-0.4, -0.2) is 24.6 Å². The van der Waals surface area contributed by atoms with E-state index in [-0.39, 0.29) is 5.91 Å². The number of halogens is 1. The van der Waals surface area contributed by atoms with Gasteiger partial charge in [0.1, 0.15) is 5.75 Å². The molecule has 2 rings (SSSR count). The first-order valence-corrected chi connectivity index (χ1v) is 8.29. The van der Waals surface area contributed by atoms with Gasteiger partial charge in [-0.3, -0.25) is 4.79 Å². The molecule has 0 bridgehead atoms. The fourth-order valence-corrected chi connectivity index (χ4v) is 2.36. The van der Waals surface area contributed by atoms with Gasteiger partial charge in [-0.1, -0.05) is 11.6 Å². The minimum Gasteiger partial charge on any atom is -0.481 e. The third-order valence-electron chi connectivity index (χ3n) is 3.47. The SMILES string of the molecule is CCOC(=O)c1ccc(NC(=O)[C@H](C)Oc2ccc(Cl)cc2C)cc1. The Balaban J connectivity index is 1.97. The van der Waals surface area contributed by atoms with E-state index in [9.17, 15) is 9.59 Å². The van der Waals surface area contributed by atoms with Crippen LogP contribution in [0.15, 0.2) is 42.5 Å². The van der Waals surface area contributed by atoms with Crippen molar-refractivity contribution < 1.29 is 19.1 Å². The number of hydrogen-bond acceptors (Lipinski definition) is 4. The van der Waals surface area contributed by atoms with E-state index in [1.54, 1.807) is 56.3 Å². The van der Waals surface area contributed by atoms with Gasteiger partial charge in [-0.15, -0.1) is 0 Å². The zero-order valence-corrected chi connectivity index (χ0v) is 15.1. The van der Waals surface area contributed by atoms with Gasteiger partial charge in [0.25, 0.3) is 5.91 Å². The quantitative estimate of drug-likeness (QED) is 0.782. The molecule has 0 fully saturated rings. The van der Waals surface area contributed by atoms with E-state index in [0.29, 0.717) is 28.6 Å². The number of carbonyl (C=O) groups excluding carboxylic acids is 2. The molecule has 25 heavy (non-hydrogen) atoms. The van der Waals surface area contributed by atoms with Crippen LogP contribution in [0.3, 0.4) is 0 Å². The molecule has 1 atom stereocenters. The summed E-state index contributed by atoms with van der Waals surface area (Å²) in [7, 11) is 0. The van der Waals surface area contributed by atoms with Gasteiger partial charge in [0.05, 0.1) is 12.2 Å². The molecule has 0 radical (unpaired) electrons. The smallest absolute Gasteiger partial charge is 0.338 e. The molecule has 0 unspecified atom stereocenters. The monoisotopic (exact) mass is 361 g/mol. The first-order valence-electron chi connectivity index (χ1n) is 7.91. The number of aryl methyl sites for hydroxylation is 1. The average Bonchev–Trinajstić information content (AvgIpc) is 2.58. The lowest BCUT2D eigenvalue weighted by Gasteiger charge is -2.16. The maximum Gasteiger partial charge on any atom is 0.338 e. The highest BCUT2D eigenvalue weighted by Gasteiger charge is 2.16. The van der Waals surface area contributed by atoms with Crippen LogP contribution in [0.25, 0.3) is 0 Å². The molecule has 1 amide bonds. The van der Waals surface area contributed by atoms with Crippen LogP contribution in [0, 0.1) is 6.92 Å². The maximum absolute atomic E-state index is 12.3. The molecule has 132 valence electrons. The second kappa shape index (κ2) is 8.53. The van der Waals surface area contributed by atoms with Gasteiger partial charge in [-0.25, -0.2) is 4.79 Å². The van der Waals surface area contributed by atoms with Crippen molar-refractivity contribution in [2.45, 2.75) is 26.9 Å². The molecule has 0 saturated heterocycles. The zero-order valence-electron chi connectivity index (χ0n) is 14.3. The van der Waals surface area contributed by atoms with Crippen LogP contribution < -0.4 is 10.1 Å². The summed E-state index contributed by atoms with van der Waals surface area (Å²) >= 11 is 5.91. The molecular formula is C19H20ClNO4. The van der Waals surface area contributed by atoms with E-state index in [1.807, 2.05) is 6.92 Å². The summed E-state index contributed by atoms with van der Waals surface area (Å²) in [6.07, 6.45) is -0.690. The van der Waals surface area contributed by atoms with Crippen molar-refractivity contribution in [3.63, 3.8) is 0 Å². The number of hydrogen-bond donors (Lipinski definition) is 1. The number of esters is 1. The number of rotatable bonds is 6. The standard InChI is InChI=1S/C19H20ClNO4/c1-4-24-19(23)14-5-8-16(9-6-14)21-18(22)13(3)25-17-10-7-15(20)11-12(17)2/h5-11,13H,4H2,1-3H3,(H,21,22)/t13-/m0/s1. The topological polar surface area (TPSA) is 64.6 Å². The molecule has 0 aliphatic carbocycles. The van der Waals surface area contributed by atoms with Crippen LogP contribution in [0.4, 0.5) is 5.69 Å². The number of ether oxygens (including phenoxy) is 2. The molecule has 0 aromatic heterocycles. The molecule has 2 aromatic carbocycles. The Hall–Kier alpha value is -2.53. The summed E-state index contributed by atoms with van der Waals surface area (Å²) in [5.74, 6) is -0.0850. The second-order valence-corrected chi connectivity index (χ2v) is 5.89. The van der Waals surface area contributed by atoms with Crippen molar-refractivity contribution in [3.05, 3.63) is 58.6 Å². The van der Waals surface area contributed by atoms with Gasteiger partial charge >= 0.3 is 5.97 Å². The van der Waals surface area contributed by atoms with Crippen LogP contribution in [0.2, 0.25) is 5.02 Å². The van der Waals surface area contributed by atoms with Gasteiger partial charge in [-0.2, -0.15) is 0 Å². The largest absolute Gasteiger partial charge is 0.481 e. The van der Waals surface area contributed by atoms with Crippen LogP contribution in [0.1, 0.15) is 29.8 Å². The molecule has 5 nitrogen and oxygen atoms in total. The predicted octanol–water partition coefficient (Wildman–Crippen LogP) is 4.23. The first-order chi connectivity index (χ1) is 11.9. The van der Waals surface area contributed by atoms with Crippen molar-refractivity contribution >= 4 is 29.2 Å². The van der Waals surface area contributed by atoms with Gasteiger partial charge in [0.15, 0.2) is 6.10 Å². The Morgan fingerprint density at radius 1 is 1.16 bits per heavy atom. The minimum absolute atomic E-state index is 0.293. The van der Waals surface area contributed by atoms with Crippen LogP contribution >= 0.6 is 11.6 Å². The molecule has 0 saturated carbocycles. The van der Waals surface area contributed by atoms with Crippen molar-refractivity contribution in [1.29, 1.82) is 0 Å². The van der Waals surface area contributed by atoms with E-state index in [1.165, 1.54) is 0 Å². The molecule has 0 aliphatic rings. The predicted molar refractivity (Wildman–Crippen MR) is 97.3 cm³/mol. The summed E-state index contributed by atoms with van der Waals surface area (Å²) in [4.78, 5) is 23.9. The van der Waals surface area contributed by atoms with Crippen molar-refractivity contribution in [3.8, 4) is 5.75 Å². The molecule has 0 heterocycles. The van der Waals surface area contributed by atoms with E-state index in [2.05, 4.69) is 5.32 Å². The van der Waals surface area contributed by atoms with Gasteiger partial charge in [0.2, 0.25) is 0 Å². The summed E-state index contributed by atoms with van der Waals surface area (Å²) in [5, 5.41) is 3.36. The molecule has 2 aromatic rings. The Bertz CT molecular complexity index is 759. The van der Waals surface area contributed by atoms with E-state index < -0.39 is 12.1 Å². The number of carbonyl (C=O) groups is 2. The normalized spacial score (nSPS) is 11.5. The molecular weight excluding hydrogens is 342 g/mol. The molecule has 0 aliphatic heterocycles. The van der Waals surface area contributed by atoms with Crippen molar-refractivity contribution in [1.82, 2.24) is 0 Å². The zero-order chi connectivity index (χ0) is 18.4. The lowest BCUT2D eigenvalue weighted by Crippen LogP contribution is -2.30. The van der Waals surface area contributed by atoms with Crippen molar-refractivity contribution in [2.75, 3.05) is 11.9 Å². The Kier molecular flexibility index (Phi) is 6.42. The van der Waals surface area contributed by atoms with Crippen LogP contribution in [0.5, 0.6) is 5.75 Å². The maximum atomic E-state index is 12.3. The van der Waals surface area contributed by atoms with Crippen molar-refractivity contribution in [2.24, 2.45) is 0 Å². The van der Waals surface area contributed by atoms with E-state index >= 15 is 0 Å². The fraction of sp³-hybridized carbons (Fsp3) is 0.263. The third kappa shape index (κ3) is 5.22. The Morgan fingerprint density at radius 3 is 2.44 bits per heavy atom. The highest BCUT2D eigenvalue weighted by atomic mass is 35.5. The Labute approximate surface area is 151 Å². The molecule has 0 spiro atoms. The molecule has 6 heteroatoms. The van der Waals surface area contributed by atoms with E-state index in [0.717, 1.165) is 5.56 Å². The Morgan fingerprint density at radius 2 is 1.84 bits per heavy atom. The second-order valence-electron chi connectivity index (χ2n) is 5.46. The summed E-state index contributed by atoms with van der Waals surface area (Å²) in [6.45, 7) is 5.59. The van der Waals surface area contributed by atoms with E-state index in [4.69, 9.17) is 21.1 Å². The minimum atomic E-state index is -0.690. The van der Waals surface area contributed by atoms with Gasteiger partial charge in [0, 0.05) is 10.7 Å². The highest BCUT2D eigenvalue weighted by Crippen LogP contribution is 2.23. The van der Waals surface area contributed by atoms with Crippen LogP contribution in [-0.2, 0) is 9.53 Å². The number of nitrogens with one attached hydrogen (secondary N) is 1. The first kappa shape index (κ1) is 18.8. The number of benzene rings is 2. The number of amides is 1. The van der Waals surface area contributed by atoms with Gasteiger partial charge in [-0.05, 0) is 68.8 Å². The number of anilines is 1. The van der Waals surface area contributed by atoms with Gasteiger partial charge < -0.3 is 14.8 Å².